The molecule has 2 aromatic heterocycles. The van der Waals surface area contributed by atoms with Crippen molar-refractivity contribution in [2.45, 2.75) is 18.2 Å². The SMILES string of the molecule is CC(=O)c1cccc(S(=O)(=O)NCCc2csc(-n3cccn3)n2)c1. The molecule has 0 amide bonds. The maximum Gasteiger partial charge on any atom is 0.240 e. The van der Waals surface area contributed by atoms with Crippen LogP contribution < -0.4 is 4.72 Å². The number of hydrogen-bond acceptors (Lipinski definition) is 6. The first kappa shape index (κ1) is 17.5. The molecule has 0 unspecified atom stereocenters. The molecule has 0 atom stereocenters. The highest BCUT2D eigenvalue weighted by Crippen LogP contribution is 2.15. The van der Waals surface area contributed by atoms with Gasteiger partial charge in [-0.3, -0.25) is 4.79 Å². The Bertz CT molecular complexity index is 978. The van der Waals surface area contributed by atoms with Crippen molar-refractivity contribution in [1.82, 2.24) is 19.5 Å². The van der Waals surface area contributed by atoms with Crippen molar-refractivity contribution in [3.05, 3.63) is 59.4 Å². The predicted molar refractivity (Wildman–Crippen MR) is 94.6 cm³/mol. The highest BCUT2D eigenvalue weighted by atomic mass is 32.2. The van der Waals surface area contributed by atoms with Crippen LogP contribution in [0.2, 0.25) is 0 Å². The number of rotatable bonds is 7. The van der Waals surface area contributed by atoms with E-state index in [-0.39, 0.29) is 17.2 Å². The third kappa shape index (κ3) is 4.19. The van der Waals surface area contributed by atoms with Gasteiger partial charge in [0.1, 0.15) is 0 Å². The van der Waals surface area contributed by atoms with Crippen molar-refractivity contribution in [3.8, 4) is 5.13 Å². The van der Waals surface area contributed by atoms with Crippen LogP contribution in [0.4, 0.5) is 0 Å². The van der Waals surface area contributed by atoms with Gasteiger partial charge in [-0.1, -0.05) is 12.1 Å². The fraction of sp³-hybridized carbons (Fsp3) is 0.188. The third-order valence-electron chi connectivity index (χ3n) is 3.46. The molecule has 2 heterocycles. The molecule has 1 N–H and O–H groups in total. The lowest BCUT2D eigenvalue weighted by Crippen LogP contribution is -2.26. The first-order valence-corrected chi connectivity index (χ1v) is 9.87. The Labute approximate surface area is 149 Å². The van der Waals surface area contributed by atoms with Gasteiger partial charge in [0.25, 0.3) is 0 Å². The third-order valence-corrected chi connectivity index (χ3v) is 5.80. The Morgan fingerprint density at radius 3 is 2.88 bits per heavy atom. The van der Waals surface area contributed by atoms with Crippen molar-refractivity contribution in [3.63, 3.8) is 0 Å². The number of carbonyl (C=O) groups is 1. The van der Waals surface area contributed by atoms with Crippen molar-refractivity contribution >= 4 is 27.1 Å². The molecule has 1 aromatic carbocycles. The van der Waals surface area contributed by atoms with E-state index in [0.717, 1.165) is 10.8 Å². The summed E-state index contributed by atoms with van der Waals surface area (Å²) in [6.45, 7) is 1.62. The van der Waals surface area contributed by atoms with Crippen LogP contribution in [0.1, 0.15) is 23.0 Å². The minimum atomic E-state index is -3.67. The molecule has 0 radical (unpaired) electrons. The van der Waals surface area contributed by atoms with Gasteiger partial charge in [0.15, 0.2) is 5.78 Å². The molecule has 0 bridgehead atoms. The molecule has 0 aliphatic heterocycles. The molecule has 25 heavy (non-hydrogen) atoms. The zero-order valence-corrected chi connectivity index (χ0v) is 15.0. The van der Waals surface area contributed by atoms with E-state index in [0.29, 0.717) is 12.0 Å². The molecule has 3 aromatic rings. The summed E-state index contributed by atoms with van der Waals surface area (Å²) < 4.78 is 28.9. The monoisotopic (exact) mass is 376 g/mol. The number of carbonyl (C=O) groups excluding carboxylic acids is 1. The first-order valence-electron chi connectivity index (χ1n) is 7.51. The van der Waals surface area contributed by atoms with Crippen LogP contribution in [0.3, 0.4) is 0 Å². The highest BCUT2D eigenvalue weighted by molar-refractivity contribution is 7.89. The Morgan fingerprint density at radius 2 is 2.16 bits per heavy atom. The van der Waals surface area contributed by atoms with E-state index in [2.05, 4.69) is 14.8 Å². The van der Waals surface area contributed by atoms with Crippen molar-refractivity contribution < 1.29 is 13.2 Å². The second-order valence-corrected chi connectivity index (χ2v) is 7.91. The second-order valence-electron chi connectivity index (χ2n) is 5.30. The topological polar surface area (TPSA) is 94.0 Å². The summed E-state index contributed by atoms with van der Waals surface area (Å²) in [7, 11) is -3.67. The van der Waals surface area contributed by atoms with Crippen LogP contribution in [0.5, 0.6) is 0 Å². The number of nitrogens with zero attached hydrogens (tertiary/aromatic N) is 3. The van der Waals surface area contributed by atoms with Gasteiger partial charge in [-0.2, -0.15) is 5.10 Å². The van der Waals surface area contributed by atoms with Crippen molar-refractivity contribution in [1.29, 1.82) is 0 Å². The van der Waals surface area contributed by atoms with E-state index in [1.165, 1.54) is 30.4 Å². The van der Waals surface area contributed by atoms with Crippen LogP contribution in [0.15, 0.2) is 53.0 Å². The molecular formula is C16H16N4O3S2. The second kappa shape index (κ2) is 7.26. The van der Waals surface area contributed by atoms with Crippen molar-refractivity contribution in [2.75, 3.05) is 6.54 Å². The standard InChI is InChI=1S/C16H16N4O3S2/c1-12(21)13-4-2-5-15(10-13)25(22,23)18-8-6-14-11-24-16(19-14)20-9-3-7-17-20/h2-5,7,9-11,18H,6,8H2,1H3. The normalized spacial score (nSPS) is 11.6. The number of thiazole rings is 1. The lowest BCUT2D eigenvalue weighted by atomic mass is 10.2. The fourth-order valence-electron chi connectivity index (χ4n) is 2.18. The zero-order chi connectivity index (χ0) is 17.9. The molecule has 9 heteroatoms. The molecule has 0 fully saturated rings. The number of nitrogens with one attached hydrogen (secondary N) is 1. The Morgan fingerprint density at radius 1 is 1.32 bits per heavy atom. The maximum absolute atomic E-state index is 12.3. The van der Waals surface area contributed by atoms with Crippen LogP contribution in [-0.2, 0) is 16.4 Å². The highest BCUT2D eigenvalue weighted by Gasteiger charge is 2.15. The Kier molecular flexibility index (Phi) is 5.07. The summed E-state index contributed by atoms with van der Waals surface area (Å²) in [4.78, 5) is 15.9. The Balaban J connectivity index is 1.63. The lowest BCUT2D eigenvalue weighted by molar-refractivity contribution is 0.101. The number of hydrogen-bond donors (Lipinski definition) is 1. The van der Waals surface area contributed by atoms with Gasteiger partial charge in [-0.25, -0.2) is 22.8 Å². The molecule has 0 saturated heterocycles. The van der Waals surface area contributed by atoms with E-state index >= 15 is 0 Å². The average molecular weight is 376 g/mol. The molecule has 0 saturated carbocycles. The predicted octanol–water partition coefficient (Wildman–Crippen LogP) is 2.05. The van der Waals surface area contributed by atoms with Crippen LogP contribution in [-0.4, -0.2) is 35.5 Å². The smallest absolute Gasteiger partial charge is 0.240 e. The van der Waals surface area contributed by atoms with Crippen LogP contribution in [0, 0.1) is 0 Å². The molecule has 130 valence electrons. The number of sulfonamides is 1. The van der Waals surface area contributed by atoms with Gasteiger partial charge in [0.05, 0.1) is 10.6 Å². The summed E-state index contributed by atoms with van der Waals surface area (Å²) in [6.07, 6.45) is 3.93. The van der Waals surface area contributed by atoms with Crippen LogP contribution >= 0.6 is 11.3 Å². The van der Waals surface area contributed by atoms with E-state index in [1.807, 2.05) is 11.4 Å². The lowest BCUT2D eigenvalue weighted by Gasteiger charge is -2.07. The van der Waals surface area contributed by atoms with E-state index < -0.39 is 10.0 Å². The molecule has 3 rings (SSSR count). The minimum absolute atomic E-state index is 0.0794. The fourth-order valence-corrected chi connectivity index (χ4v) is 4.05. The van der Waals surface area contributed by atoms with Gasteiger partial charge in [0.2, 0.25) is 15.2 Å². The summed E-state index contributed by atoms with van der Waals surface area (Å²) >= 11 is 1.44. The van der Waals surface area contributed by atoms with Crippen molar-refractivity contribution in [2.24, 2.45) is 0 Å². The summed E-state index contributed by atoms with van der Waals surface area (Å²) in [5, 5.41) is 6.72. The summed E-state index contributed by atoms with van der Waals surface area (Å²) in [6, 6.07) is 7.80. The molecule has 7 nitrogen and oxygen atoms in total. The van der Waals surface area contributed by atoms with E-state index in [1.54, 1.807) is 29.2 Å². The molecule has 0 aliphatic rings. The zero-order valence-electron chi connectivity index (χ0n) is 13.4. The molecule has 0 spiro atoms. The van der Waals surface area contributed by atoms with Gasteiger partial charge in [-0.05, 0) is 25.1 Å². The largest absolute Gasteiger partial charge is 0.295 e. The Hall–Kier alpha value is -2.36. The minimum Gasteiger partial charge on any atom is -0.295 e. The summed E-state index contributed by atoms with van der Waals surface area (Å²) in [5.41, 5.74) is 1.15. The quantitative estimate of drug-likeness (QED) is 0.637. The number of aromatic nitrogens is 3. The van der Waals surface area contributed by atoms with Gasteiger partial charge in [0, 0.05) is 36.3 Å². The molecular weight excluding hydrogens is 360 g/mol. The van der Waals surface area contributed by atoms with Gasteiger partial charge < -0.3 is 0 Å². The average Bonchev–Trinajstić information content (AvgIpc) is 3.26. The van der Waals surface area contributed by atoms with Gasteiger partial charge in [-0.15, -0.1) is 11.3 Å². The number of ketones is 1. The maximum atomic E-state index is 12.3. The van der Waals surface area contributed by atoms with Gasteiger partial charge >= 0.3 is 0 Å². The molecule has 0 aliphatic carbocycles. The number of Topliss-reactive ketones (excluding diaryl/α,β-unsaturated/α-hetero) is 1. The summed E-state index contributed by atoms with van der Waals surface area (Å²) in [5.74, 6) is -0.175. The first-order chi connectivity index (χ1) is 12.0. The van der Waals surface area contributed by atoms with Crippen LogP contribution in [0.25, 0.3) is 5.13 Å². The van der Waals surface area contributed by atoms with E-state index in [4.69, 9.17) is 0 Å². The number of benzene rings is 1. The van der Waals surface area contributed by atoms with E-state index in [9.17, 15) is 13.2 Å².